The van der Waals surface area contributed by atoms with Crippen molar-refractivity contribution in [3.63, 3.8) is 0 Å². The van der Waals surface area contributed by atoms with E-state index >= 15 is 0 Å². The number of nitrogens with one attached hydrogen (secondary N) is 1. The summed E-state index contributed by atoms with van der Waals surface area (Å²) in [6.07, 6.45) is 6.42. The van der Waals surface area contributed by atoms with Gasteiger partial charge >= 0.3 is 6.09 Å². The molecule has 39 heavy (non-hydrogen) atoms. The van der Waals surface area contributed by atoms with Gasteiger partial charge in [-0.2, -0.15) is 0 Å². The molecule has 216 valence electrons. The quantitative estimate of drug-likeness (QED) is 0.262. The molecule has 0 spiro atoms. The van der Waals surface area contributed by atoms with E-state index in [4.69, 9.17) is 30.5 Å². The van der Waals surface area contributed by atoms with Crippen LogP contribution in [0.25, 0.3) is 0 Å². The van der Waals surface area contributed by atoms with Crippen LogP contribution in [0.3, 0.4) is 0 Å². The molecule has 2 N–H and O–H groups in total. The van der Waals surface area contributed by atoms with E-state index in [1.807, 2.05) is 39.0 Å². The molecule has 2 aliphatic rings. The third kappa shape index (κ3) is 7.97. The number of halogens is 1. The van der Waals surface area contributed by atoms with Crippen molar-refractivity contribution in [3.8, 4) is 5.75 Å². The number of amides is 2. The Hall–Kier alpha value is -2.59. The number of aliphatic hydroxyl groups is 1. The highest BCUT2D eigenvalue weighted by Gasteiger charge is 2.49. The summed E-state index contributed by atoms with van der Waals surface area (Å²) in [4.78, 5) is 26.4. The Morgan fingerprint density at radius 1 is 1.36 bits per heavy atom. The van der Waals surface area contributed by atoms with Crippen LogP contribution < -0.4 is 15.0 Å². The Labute approximate surface area is 236 Å². The standard InChI is InChI=1S/C29H41ClN2O7/c1-7-8-12-26(33)32(4)21-14-20(15-22(36-5)27(21)30)13-18(2)10-9-11-25(37-6)29(35)16-23(39-28(34)31-29)19(3)24-17-38-24/h9-11,14-15,19,23-25,35H,7-8,12-13,16-17H2,1-6H3,(H,31,34)/b11-9+,18-10+/t19-,23+,24-,25-,29+/m1/s1. The third-order valence-corrected chi connectivity index (χ3v) is 7.65. The molecule has 0 saturated carbocycles. The summed E-state index contributed by atoms with van der Waals surface area (Å²) in [6.45, 7) is 6.59. The maximum atomic E-state index is 12.6. The molecule has 0 aromatic heterocycles. The van der Waals surface area contributed by atoms with Crippen molar-refractivity contribution in [2.75, 3.05) is 32.8 Å². The molecule has 2 fully saturated rings. The van der Waals surface area contributed by atoms with E-state index in [0.717, 1.165) is 24.0 Å². The number of carbonyl (C=O) groups excluding carboxylic acids is 2. The number of alkyl carbamates (subject to hydrolysis) is 1. The van der Waals surface area contributed by atoms with Gasteiger partial charge in [0.2, 0.25) is 5.91 Å². The second kappa shape index (κ2) is 13.7. The van der Waals surface area contributed by atoms with Crippen LogP contribution in [0.15, 0.2) is 35.9 Å². The molecule has 2 heterocycles. The molecule has 1 aromatic carbocycles. The number of nitrogens with zero attached hydrogens (tertiary/aromatic N) is 1. The highest BCUT2D eigenvalue weighted by Crippen LogP contribution is 2.37. The molecule has 1 aromatic rings. The van der Waals surface area contributed by atoms with Gasteiger partial charge < -0.3 is 29.0 Å². The minimum atomic E-state index is -1.62. The predicted octanol–water partition coefficient (Wildman–Crippen LogP) is 4.78. The van der Waals surface area contributed by atoms with Crippen LogP contribution in [0.5, 0.6) is 5.75 Å². The molecule has 10 heteroatoms. The lowest BCUT2D eigenvalue weighted by atomic mass is 9.89. The number of cyclic esters (lactones) is 1. The van der Waals surface area contributed by atoms with Crippen LogP contribution >= 0.6 is 11.6 Å². The number of benzene rings is 1. The van der Waals surface area contributed by atoms with E-state index in [1.54, 1.807) is 31.2 Å². The van der Waals surface area contributed by atoms with Crippen molar-refractivity contribution in [1.82, 2.24) is 5.32 Å². The summed E-state index contributed by atoms with van der Waals surface area (Å²) in [6, 6.07) is 3.76. The second-order valence-electron chi connectivity index (χ2n) is 10.3. The summed E-state index contributed by atoms with van der Waals surface area (Å²) >= 11 is 6.54. The topological polar surface area (TPSA) is 110 Å². The zero-order chi connectivity index (χ0) is 28.7. The number of rotatable bonds is 13. The summed E-state index contributed by atoms with van der Waals surface area (Å²) in [5, 5.41) is 14.2. The first kappa shape index (κ1) is 30.9. The van der Waals surface area contributed by atoms with Crippen LogP contribution in [0, 0.1) is 5.92 Å². The lowest BCUT2D eigenvalue weighted by molar-refractivity contribution is -0.142. The number of hydrogen-bond acceptors (Lipinski definition) is 7. The van der Waals surface area contributed by atoms with Gasteiger partial charge in [0, 0.05) is 32.9 Å². The SMILES string of the molecule is CCCCC(=O)N(C)c1cc(C/C(C)=C/C=C/[C@@H](OC)[C@@]2(O)C[C@@H]([C@@H](C)[C@H]3CO3)OC(=O)N2)cc(OC)c1Cl. The molecule has 0 bridgehead atoms. The monoisotopic (exact) mass is 564 g/mol. The molecule has 9 nitrogen and oxygen atoms in total. The maximum Gasteiger partial charge on any atom is 0.409 e. The molecule has 3 rings (SSSR count). The van der Waals surface area contributed by atoms with E-state index in [0.29, 0.717) is 35.9 Å². The van der Waals surface area contributed by atoms with E-state index in [-0.39, 0.29) is 24.3 Å². The molecular formula is C29H41ClN2O7. The predicted molar refractivity (Wildman–Crippen MR) is 150 cm³/mol. The number of anilines is 1. The Morgan fingerprint density at radius 2 is 2.08 bits per heavy atom. The zero-order valence-electron chi connectivity index (χ0n) is 23.7. The number of epoxide rings is 1. The normalized spacial score (nSPS) is 24.6. The minimum absolute atomic E-state index is 0.00168. The molecule has 2 aliphatic heterocycles. The van der Waals surface area contributed by atoms with Crippen molar-refractivity contribution in [3.05, 3.63) is 46.5 Å². The van der Waals surface area contributed by atoms with Crippen molar-refractivity contribution >= 4 is 29.3 Å². The fourth-order valence-electron chi connectivity index (χ4n) is 4.72. The number of methoxy groups -OCH3 is 2. The van der Waals surface area contributed by atoms with Crippen LogP contribution in [-0.4, -0.2) is 69.0 Å². The smallest absolute Gasteiger partial charge is 0.409 e. The highest BCUT2D eigenvalue weighted by atomic mass is 35.5. The van der Waals surface area contributed by atoms with Gasteiger partial charge in [-0.05, 0) is 37.5 Å². The summed E-state index contributed by atoms with van der Waals surface area (Å²) in [7, 11) is 4.75. The fraction of sp³-hybridized carbons (Fsp3) is 0.586. The summed E-state index contributed by atoms with van der Waals surface area (Å²) in [5.74, 6) is 0.464. The van der Waals surface area contributed by atoms with Gasteiger partial charge in [-0.1, -0.05) is 55.7 Å². The number of unbranched alkanes of at least 4 members (excludes halogenated alkanes) is 1. The lowest BCUT2D eigenvalue weighted by Gasteiger charge is -2.41. The Morgan fingerprint density at radius 3 is 2.69 bits per heavy atom. The van der Waals surface area contributed by atoms with Crippen molar-refractivity contribution in [2.24, 2.45) is 5.92 Å². The lowest BCUT2D eigenvalue weighted by Crippen LogP contribution is -2.63. The number of hydrogen-bond donors (Lipinski definition) is 2. The molecular weight excluding hydrogens is 524 g/mol. The van der Waals surface area contributed by atoms with E-state index < -0.39 is 24.0 Å². The summed E-state index contributed by atoms with van der Waals surface area (Å²) < 4.78 is 21.8. The minimum Gasteiger partial charge on any atom is -0.495 e. The van der Waals surface area contributed by atoms with Gasteiger partial charge in [-0.3, -0.25) is 10.1 Å². The van der Waals surface area contributed by atoms with Crippen molar-refractivity contribution in [1.29, 1.82) is 0 Å². The van der Waals surface area contributed by atoms with Gasteiger partial charge in [-0.25, -0.2) is 4.79 Å². The van der Waals surface area contributed by atoms with Crippen molar-refractivity contribution < 1.29 is 33.6 Å². The molecule has 0 radical (unpaired) electrons. The molecule has 2 amide bonds. The number of carbonyl (C=O) groups is 2. The van der Waals surface area contributed by atoms with E-state index in [9.17, 15) is 14.7 Å². The maximum absolute atomic E-state index is 12.6. The van der Waals surface area contributed by atoms with Gasteiger partial charge in [-0.15, -0.1) is 0 Å². The third-order valence-electron chi connectivity index (χ3n) is 7.27. The first-order valence-electron chi connectivity index (χ1n) is 13.3. The van der Waals surface area contributed by atoms with Crippen LogP contribution in [-0.2, 0) is 25.4 Å². The molecule has 5 atom stereocenters. The fourth-order valence-corrected chi connectivity index (χ4v) is 5.03. The highest BCUT2D eigenvalue weighted by molar-refractivity contribution is 6.35. The van der Waals surface area contributed by atoms with Gasteiger partial charge in [0.05, 0.1) is 25.5 Å². The van der Waals surface area contributed by atoms with Gasteiger partial charge in [0.1, 0.15) is 23.0 Å². The molecule has 0 aliphatic carbocycles. The Bertz CT molecular complexity index is 1090. The average Bonchev–Trinajstić information content (AvgIpc) is 3.74. The molecule has 2 saturated heterocycles. The van der Waals surface area contributed by atoms with Gasteiger partial charge in [0.15, 0.2) is 5.72 Å². The zero-order valence-corrected chi connectivity index (χ0v) is 24.4. The number of ether oxygens (including phenoxy) is 4. The van der Waals surface area contributed by atoms with E-state index in [1.165, 1.54) is 7.11 Å². The van der Waals surface area contributed by atoms with Gasteiger partial charge in [0.25, 0.3) is 0 Å². The largest absolute Gasteiger partial charge is 0.495 e. The number of allylic oxidation sites excluding steroid dienone is 3. The first-order chi connectivity index (χ1) is 18.5. The summed E-state index contributed by atoms with van der Waals surface area (Å²) in [5.41, 5.74) is 0.926. The average molecular weight is 565 g/mol. The Balaban J connectivity index is 1.73. The Kier molecular flexibility index (Phi) is 10.8. The van der Waals surface area contributed by atoms with Crippen LogP contribution in [0.4, 0.5) is 10.5 Å². The van der Waals surface area contributed by atoms with Crippen LogP contribution in [0.1, 0.15) is 52.0 Å². The second-order valence-corrected chi connectivity index (χ2v) is 10.7. The first-order valence-corrected chi connectivity index (χ1v) is 13.7. The van der Waals surface area contributed by atoms with Crippen LogP contribution in [0.2, 0.25) is 5.02 Å². The van der Waals surface area contributed by atoms with Crippen molar-refractivity contribution in [2.45, 2.75) is 76.9 Å². The van der Waals surface area contributed by atoms with E-state index in [2.05, 4.69) is 5.32 Å². The molecule has 0 unspecified atom stereocenters.